The van der Waals surface area contributed by atoms with Crippen LogP contribution >= 0.6 is 0 Å². The third-order valence-electron chi connectivity index (χ3n) is 5.11. The van der Waals surface area contributed by atoms with E-state index in [9.17, 15) is 9.59 Å². The average molecular weight is 416 g/mol. The fourth-order valence-corrected chi connectivity index (χ4v) is 3.62. The van der Waals surface area contributed by atoms with Gasteiger partial charge in [-0.25, -0.2) is 0 Å². The topological polar surface area (TPSA) is 90.6 Å². The SMILES string of the molecule is CC1(C)Cc2cccc(OCc3ccc(C(=O)Nc4ccccc4C(N)=O)cc3)c2O1. The van der Waals surface area contributed by atoms with Crippen LogP contribution < -0.4 is 20.5 Å². The molecule has 0 aromatic heterocycles. The van der Waals surface area contributed by atoms with E-state index >= 15 is 0 Å². The van der Waals surface area contributed by atoms with Crippen LogP contribution in [0.5, 0.6) is 11.5 Å². The van der Waals surface area contributed by atoms with Crippen molar-refractivity contribution in [2.45, 2.75) is 32.5 Å². The first-order valence-corrected chi connectivity index (χ1v) is 10.1. The van der Waals surface area contributed by atoms with Crippen LogP contribution in [-0.4, -0.2) is 17.4 Å². The number of ether oxygens (including phenoxy) is 2. The van der Waals surface area contributed by atoms with E-state index < -0.39 is 5.91 Å². The van der Waals surface area contributed by atoms with Gasteiger partial charge in [-0.05, 0) is 49.7 Å². The van der Waals surface area contributed by atoms with Crippen molar-refractivity contribution in [3.05, 3.63) is 89.0 Å². The molecule has 3 aromatic rings. The molecule has 3 aromatic carbocycles. The molecule has 0 fully saturated rings. The highest BCUT2D eigenvalue weighted by molar-refractivity contribution is 6.08. The zero-order valence-electron chi connectivity index (χ0n) is 17.5. The number of hydrogen-bond donors (Lipinski definition) is 2. The zero-order chi connectivity index (χ0) is 22.0. The summed E-state index contributed by atoms with van der Waals surface area (Å²) in [6.45, 7) is 4.47. The van der Waals surface area contributed by atoms with Crippen molar-refractivity contribution in [3.63, 3.8) is 0 Å². The molecule has 0 saturated heterocycles. The molecule has 4 rings (SSSR count). The normalized spacial score (nSPS) is 13.7. The lowest BCUT2D eigenvalue weighted by Gasteiger charge is -2.18. The highest BCUT2D eigenvalue weighted by Crippen LogP contribution is 2.41. The molecule has 158 valence electrons. The lowest BCUT2D eigenvalue weighted by atomic mass is 10.0. The molecular formula is C25H24N2O4. The molecule has 0 atom stereocenters. The third-order valence-corrected chi connectivity index (χ3v) is 5.11. The molecule has 6 nitrogen and oxygen atoms in total. The second-order valence-electron chi connectivity index (χ2n) is 8.13. The Morgan fingerprint density at radius 1 is 1.03 bits per heavy atom. The van der Waals surface area contributed by atoms with Crippen LogP contribution in [0.15, 0.2) is 66.7 Å². The molecule has 0 bridgehead atoms. The van der Waals surface area contributed by atoms with Crippen LogP contribution in [0.4, 0.5) is 5.69 Å². The molecule has 0 saturated carbocycles. The molecule has 0 unspecified atom stereocenters. The fourth-order valence-electron chi connectivity index (χ4n) is 3.62. The van der Waals surface area contributed by atoms with E-state index in [1.165, 1.54) is 0 Å². The van der Waals surface area contributed by atoms with Gasteiger partial charge in [-0.15, -0.1) is 0 Å². The first kappa shape index (κ1) is 20.5. The molecule has 6 heteroatoms. The Balaban J connectivity index is 1.41. The highest BCUT2D eigenvalue weighted by Gasteiger charge is 2.32. The van der Waals surface area contributed by atoms with Gasteiger partial charge in [0.15, 0.2) is 11.5 Å². The Morgan fingerprint density at radius 3 is 2.52 bits per heavy atom. The predicted molar refractivity (Wildman–Crippen MR) is 119 cm³/mol. The third kappa shape index (κ3) is 4.53. The monoisotopic (exact) mass is 416 g/mol. The molecule has 1 aliphatic heterocycles. The van der Waals surface area contributed by atoms with Crippen molar-refractivity contribution in [3.8, 4) is 11.5 Å². The number of rotatable bonds is 6. The minimum absolute atomic E-state index is 0.232. The number of carbonyl (C=O) groups is 2. The van der Waals surface area contributed by atoms with E-state index in [1.54, 1.807) is 36.4 Å². The van der Waals surface area contributed by atoms with Gasteiger partial charge in [0.1, 0.15) is 12.2 Å². The number of benzene rings is 3. The standard InChI is InChI=1S/C25H24N2O4/c1-25(2)14-18-6-5-9-21(22(18)31-25)30-15-16-10-12-17(13-11-16)24(29)27-20-8-4-3-7-19(20)23(26)28/h3-13H,14-15H2,1-2H3,(H2,26,28)(H,27,29). The number of primary amides is 1. The Labute approximate surface area is 181 Å². The molecule has 2 amide bonds. The van der Waals surface area contributed by atoms with Crippen molar-refractivity contribution in [2.75, 3.05) is 5.32 Å². The first-order chi connectivity index (χ1) is 14.8. The van der Waals surface area contributed by atoms with E-state index in [-0.39, 0.29) is 17.1 Å². The molecular weight excluding hydrogens is 392 g/mol. The van der Waals surface area contributed by atoms with Gasteiger partial charge in [-0.2, -0.15) is 0 Å². The summed E-state index contributed by atoms with van der Waals surface area (Å²) in [5, 5.41) is 2.73. The predicted octanol–water partition coefficient (Wildman–Crippen LogP) is 4.33. The maximum Gasteiger partial charge on any atom is 0.255 e. The van der Waals surface area contributed by atoms with E-state index in [0.29, 0.717) is 23.6 Å². The summed E-state index contributed by atoms with van der Waals surface area (Å²) in [5.74, 6) is 0.602. The second-order valence-corrected chi connectivity index (χ2v) is 8.13. The number of hydrogen-bond acceptors (Lipinski definition) is 4. The van der Waals surface area contributed by atoms with Gasteiger partial charge in [0, 0.05) is 17.5 Å². The summed E-state index contributed by atoms with van der Waals surface area (Å²) >= 11 is 0. The molecule has 1 heterocycles. The highest BCUT2D eigenvalue weighted by atomic mass is 16.5. The molecule has 0 aliphatic carbocycles. The van der Waals surface area contributed by atoms with Gasteiger partial charge in [-0.1, -0.05) is 36.4 Å². The molecule has 3 N–H and O–H groups in total. The van der Waals surface area contributed by atoms with E-state index in [2.05, 4.69) is 25.2 Å². The largest absolute Gasteiger partial charge is 0.485 e. The van der Waals surface area contributed by atoms with Gasteiger partial charge in [-0.3, -0.25) is 9.59 Å². The van der Waals surface area contributed by atoms with Crippen LogP contribution in [-0.2, 0) is 13.0 Å². The summed E-state index contributed by atoms with van der Waals surface area (Å²) in [6.07, 6.45) is 0.849. The van der Waals surface area contributed by atoms with Gasteiger partial charge in [0.25, 0.3) is 11.8 Å². The Hall–Kier alpha value is -3.80. The van der Waals surface area contributed by atoms with E-state index in [1.807, 2.05) is 24.3 Å². The Kier molecular flexibility index (Phi) is 5.38. The van der Waals surface area contributed by atoms with E-state index in [4.69, 9.17) is 15.2 Å². The average Bonchev–Trinajstić information content (AvgIpc) is 3.07. The van der Waals surface area contributed by atoms with Crippen molar-refractivity contribution >= 4 is 17.5 Å². The van der Waals surface area contributed by atoms with Gasteiger partial charge in [0.2, 0.25) is 0 Å². The second kappa shape index (κ2) is 8.14. The summed E-state index contributed by atoms with van der Waals surface area (Å²) in [6, 6.07) is 19.7. The summed E-state index contributed by atoms with van der Waals surface area (Å²) < 4.78 is 12.0. The van der Waals surface area contributed by atoms with Crippen LogP contribution in [0.2, 0.25) is 0 Å². The van der Waals surface area contributed by atoms with Gasteiger partial charge < -0.3 is 20.5 Å². The Bertz CT molecular complexity index is 1140. The first-order valence-electron chi connectivity index (χ1n) is 10.1. The summed E-state index contributed by atoms with van der Waals surface area (Å²) in [4.78, 5) is 24.1. The Morgan fingerprint density at radius 2 is 1.77 bits per heavy atom. The van der Waals surface area contributed by atoms with Crippen molar-refractivity contribution in [1.29, 1.82) is 0 Å². The van der Waals surface area contributed by atoms with Crippen molar-refractivity contribution in [1.82, 2.24) is 0 Å². The van der Waals surface area contributed by atoms with Gasteiger partial charge >= 0.3 is 0 Å². The molecule has 0 spiro atoms. The molecule has 0 radical (unpaired) electrons. The van der Waals surface area contributed by atoms with Crippen molar-refractivity contribution in [2.24, 2.45) is 5.73 Å². The maximum absolute atomic E-state index is 12.6. The number of amides is 2. The smallest absolute Gasteiger partial charge is 0.255 e. The van der Waals surface area contributed by atoms with Crippen molar-refractivity contribution < 1.29 is 19.1 Å². The lowest BCUT2D eigenvalue weighted by Crippen LogP contribution is -2.24. The van der Waals surface area contributed by atoms with E-state index in [0.717, 1.165) is 23.3 Å². The number of fused-ring (bicyclic) bond motifs is 1. The minimum atomic E-state index is -0.594. The van der Waals surface area contributed by atoms with Crippen LogP contribution in [0, 0.1) is 0 Å². The summed E-state index contributed by atoms with van der Waals surface area (Å²) in [7, 11) is 0. The number of nitrogens with two attached hydrogens (primary N) is 1. The summed E-state index contributed by atoms with van der Waals surface area (Å²) in [5.41, 5.74) is 8.31. The molecule has 1 aliphatic rings. The van der Waals surface area contributed by atoms with Gasteiger partial charge in [0.05, 0.1) is 11.3 Å². The molecule has 31 heavy (non-hydrogen) atoms. The van der Waals surface area contributed by atoms with Crippen LogP contribution in [0.25, 0.3) is 0 Å². The zero-order valence-corrected chi connectivity index (χ0v) is 17.5. The maximum atomic E-state index is 12.6. The number of anilines is 1. The van der Waals surface area contributed by atoms with Crippen LogP contribution in [0.1, 0.15) is 45.7 Å². The number of para-hydroxylation sites is 2. The van der Waals surface area contributed by atoms with Crippen LogP contribution in [0.3, 0.4) is 0 Å². The number of carbonyl (C=O) groups excluding carboxylic acids is 2. The lowest BCUT2D eigenvalue weighted by molar-refractivity contribution is 0.100. The number of nitrogens with one attached hydrogen (secondary N) is 1. The quantitative estimate of drug-likeness (QED) is 0.626. The fraction of sp³-hybridized carbons (Fsp3) is 0.200. The minimum Gasteiger partial charge on any atom is -0.485 e.